The number of hydrazone groups is 1. The third-order valence-electron chi connectivity index (χ3n) is 6.05. The van der Waals surface area contributed by atoms with E-state index in [1.807, 2.05) is 72.8 Å². The number of aryl methyl sites for hydroxylation is 1. The quantitative estimate of drug-likeness (QED) is 0.307. The molecule has 0 radical (unpaired) electrons. The summed E-state index contributed by atoms with van der Waals surface area (Å²) in [7, 11) is 1.65. The minimum absolute atomic E-state index is 0.0328. The maximum absolute atomic E-state index is 13.0. The molecule has 0 unspecified atom stereocenters. The summed E-state index contributed by atoms with van der Waals surface area (Å²) in [5.74, 6) is 1.77. The maximum Gasteiger partial charge on any atom is 0.253 e. The number of hydrogen-bond donors (Lipinski definition) is 0. The lowest BCUT2D eigenvalue weighted by atomic mass is 10.1. The normalized spacial score (nSPS) is 13.0. The van der Waals surface area contributed by atoms with E-state index >= 15 is 0 Å². The molecule has 0 saturated carbocycles. The molecule has 182 valence electrons. The molecule has 0 bridgehead atoms. The first-order chi connectivity index (χ1) is 17.7. The van der Waals surface area contributed by atoms with Crippen LogP contribution >= 0.6 is 11.8 Å². The van der Waals surface area contributed by atoms with E-state index < -0.39 is 0 Å². The number of nitrogens with zero attached hydrogens (tertiary/aromatic N) is 5. The van der Waals surface area contributed by atoms with Gasteiger partial charge in [-0.2, -0.15) is 5.10 Å². The van der Waals surface area contributed by atoms with Crippen molar-refractivity contribution in [3.8, 4) is 17.1 Å². The first-order valence-corrected chi connectivity index (χ1v) is 12.9. The second kappa shape index (κ2) is 11.2. The number of hydrogen-bond acceptors (Lipinski definition) is 6. The van der Waals surface area contributed by atoms with Crippen molar-refractivity contribution in [2.45, 2.75) is 24.5 Å². The lowest BCUT2D eigenvalue weighted by Crippen LogP contribution is -2.25. The fraction of sp³-hybridized carbons (Fsp3) is 0.214. The number of amides is 1. The largest absolute Gasteiger partial charge is 0.497 e. The van der Waals surface area contributed by atoms with Crippen LogP contribution in [0.25, 0.3) is 11.4 Å². The number of aromatic nitrogens is 3. The zero-order valence-corrected chi connectivity index (χ0v) is 20.9. The molecule has 4 aromatic rings. The van der Waals surface area contributed by atoms with Gasteiger partial charge < -0.3 is 9.30 Å². The van der Waals surface area contributed by atoms with Crippen LogP contribution in [0.15, 0.2) is 95.2 Å². The van der Waals surface area contributed by atoms with Gasteiger partial charge in [0.1, 0.15) is 5.75 Å². The Morgan fingerprint density at radius 2 is 1.64 bits per heavy atom. The van der Waals surface area contributed by atoms with Crippen molar-refractivity contribution in [1.82, 2.24) is 19.8 Å². The van der Waals surface area contributed by atoms with Gasteiger partial charge in [-0.15, -0.1) is 10.2 Å². The average molecular weight is 498 g/mol. The smallest absolute Gasteiger partial charge is 0.253 e. The first kappa shape index (κ1) is 23.8. The van der Waals surface area contributed by atoms with Gasteiger partial charge in [-0.1, -0.05) is 72.4 Å². The lowest BCUT2D eigenvalue weighted by molar-refractivity contribution is -0.127. The Labute approximate surface area is 214 Å². The topological polar surface area (TPSA) is 72.6 Å². The highest BCUT2D eigenvalue weighted by Gasteiger charge is 2.23. The highest BCUT2D eigenvalue weighted by Crippen LogP contribution is 2.27. The van der Waals surface area contributed by atoms with E-state index in [0.717, 1.165) is 46.4 Å². The monoisotopic (exact) mass is 497 g/mol. The summed E-state index contributed by atoms with van der Waals surface area (Å²) >= 11 is 1.40. The highest BCUT2D eigenvalue weighted by atomic mass is 32.2. The zero-order chi connectivity index (χ0) is 24.7. The number of benzene rings is 3. The molecular formula is C28H27N5O2S. The summed E-state index contributed by atoms with van der Waals surface area (Å²) in [6.07, 6.45) is 1.59. The summed E-state index contributed by atoms with van der Waals surface area (Å²) in [6.45, 7) is 1.30. The Kier molecular flexibility index (Phi) is 7.42. The molecule has 1 aromatic heterocycles. The third kappa shape index (κ3) is 5.49. The number of thioether (sulfide) groups is 1. The molecule has 0 atom stereocenters. The second-order valence-corrected chi connectivity index (χ2v) is 9.33. The maximum atomic E-state index is 13.0. The molecule has 5 rings (SSSR count). The number of carbonyl (C=O) groups is 1. The Bertz CT molecular complexity index is 1340. The van der Waals surface area contributed by atoms with Crippen molar-refractivity contribution < 1.29 is 9.53 Å². The van der Waals surface area contributed by atoms with Crippen molar-refractivity contribution in [2.24, 2.45) is 5.10 Å². The van der Waals surface area contributed by atoms with E-state index in [0.29, 0.717) is 13.1 Å². The van der Waals surface area contributed by atoms with Crippen LogP contribution in [0.2, 0.25) is 0 Å². The summed E-state index contributed by atoms with van der Waals surface area (Å²) in [5.41, 5.74) is 4.19. The summed E-state index contributed by atoms with van der Waals surface area (Å²) in [4.78, 5) is 13.0. The minimum atomic E-state index is -0.0328. The average Bonchev–Trinajstić information content (AvgIpc) is 3.59. The molecule has 0 N–H and O–H groups in total. The molecule has 8 heteroatoms. The molecule has 0 saturated heterocycles. The van der Waals surface area contributed by atoms with Gasteiger partial charge in [0.2, 0.25) is 0 Å². The van der Waals surface area contributed by atoms with Gasteiger partial charge in [0.05, 0.1) is 25.1 Å². The highest BCUT2D eigenvalue weighted by molar-refractivity contribution is 7.99. The van der Waals surface area contributed by atoms with Crippen molar-refractivity contribution in [3.63, 3.8) is 0 Å². The Morgan fingerprint density at radius 1 is 0.917 bits per heavy atom. The van der Waals surface area contributed by atoms with Crippen LogP contribution in [0.1, 0.15) is 17.5 Å². The molecule has 0 fully saturated rings. The predicted octanol–water partition coefficient (Wildman–Crippen LogP) is 4.93. The van der Waals surface area contributed by atoms with E-state index in [2.05, 4.69) is 32.0 Å². The molecule has 1 amide bonds. The van der Waals surface area contributed by atoms with Crippen LogP contribution in [0.4, 0.5) is 0 Å². The predicted molar refractivity (Wildman–Crippen MR) is 142 cm³/mol. The third-order valence-corrected chi connectivity index (χ3v) is 7.00. The second-order valence-electron chi connectivity index (χ2n) is 8.39. The van der Waals surface area contributed by atoms with Crippen LogP contribution in [0.3, 0.4) is 0 Å². The molecule has 2 heterocycles. The van der Waals surface area contributed by atoms with Gasteiger partial charge in [0.25, 0.3) is 5.91 Å². The van der Waals surface area contributed by atoms with Gasteiger partial charge in [-0.25, -0.2) is 5.01 Å². The van der Waals surface area contributed by atoms with Gasteiger partial charge >= 0.3 is 0 Å². The Morgan fingerprint density at radius 3 is 2.36 bits per heavy atom. The van der Waals surface area contributed by atoms with Crippen LogP contribution in [0.5, 0.6) is 5.75 Å². The Hall–Kier alpha value is -3.91. The molecule has 1 aliphatic heterocycles. The Balaban J connectivity index is 1.32. The van der Waals surface area contributed by atoms with Gasteiger partial charge in [0.15, 0.2) is 11.0 Å². The molecular weight excluding hydrogens is 470 g/mol. The summed E-state index contributed by atoms with van der Waals surface area (Å²) < 4.78 is 7.39. The van der Waals surface area contributed by atoms with Crippen molar-refractivity contribution >= 4 is 23.4 Å². The number of rotatable bonds is 9. The number of carbonyl (C=O) groups excluding carboxylic acids is 1. The molecule has 7 nitrogen and oxygen atoms in total. The van der Waals surface area contributed by atoms with Crippen LogP contribution < -0.4 is 4.74 Å². The zero-order valence-electron chi connectivity index (χ0n) is 20.1. The van der Waals surface area contributed by atoms with Crippen molar-refractivity contribution in [2.75, 3.05) is 19.4 Å². The van der Waals surface area contributed by atoms with E-state index in [4.69, 9.17) is 4.74 Å². The first-order valence-electron chi connectivity index (χ1n) is 11.9. The summed E-state index contributed by atoms with van der Waals surface area (Å²) in [5, 5.41) is 15.8. The van der Waals surface area contributed by atoms with E-state index in [1.54, 1.807) is 12.1 Å². The molecule has 0 spiro atoms. The number of ether oxygens (including phenoxy) is 1. The summed E-state index contributed by atoms with van der Waals surface area (Å²) in [6, 6.07) is 28.1. The standard InChI is InChI=1S/C28H27N5O2S/c1-35-24-14-12-23(13-15-24)27-29-30-28(32(27)18-16-21-8-4-2-5-9-21)36-20-26(34)33-19-17-25(31-33)22-10-6-3-7-11-22/h2-15H,16-20H2,1H3. The number of methoxy groups -OCH3 is 1. The van der Waals surface area contributed by atoms with E-state index in [1.165, 1.54) is 17.3 Å². The molecule has 0 aliphatic carbocycles. The van der Waals surface area contributed by atoms with E-state index in [-0.39, 0.29) is 11.7 Å². The minimum Gasteiger partial charge on any atom is -0.497 e. The van der Waals surface area contributed by atoms with E-state index in [9.17, 15) is 4.79 Å². The van der Waals surface area contributed by atoms with Crippen LogP contribution in [0, 0.1) is 0 Å². The van der Waals surface area contributed by atoms with Crippen LogP contribution in [-0.2, 0) is 17.8 Å². The van der Waals surface area contributed by atoms with Crippen LogP contribution in [-0.4, -0.2) is 50.8 Å². The molecule has 3 aromatic carbocycles. The van der Waals surface area contributed by atoms with Gasteiger partial charge in [0, 0.05) is 18.5 Å². The van der Waals surface area contributed by atoms with Gasteiger partial charge in [-0.05, 0) is 41.8 Å². The molecule has 1 aliphatic rings. The van der Waals surface area contributed by atoms with Gasteiger partial charge in [-0.3, -0.25) is 4.79 Å². The van der Waals surface area contributed by atoms with Crippen molar-refractivity contribution in [3.05, 3.63) is 96.1 Å². The lowest BCUT2D eigenvalue weighted by Gasteiger charge is -2.13. The SMILES string of the molecule is COc1ccc(-c2nnc(SCC(=O)N3CCC(c4ccccc4)=N3)n2CCc2ccccc2)cc1. The fourth-order valence-corrected chi connectivity index (χ4v) is 4.94. The molecule has 36 heavy (non-hydrogen) atoms. The van der Waals surface area contributed by atoms with Crippen molar-refractivity contribution in [1.29, 1.82) is 0 Å². The fourth-order valence-electron chi connectivity index (χ4n) is 4.11.